The highest BCUT2D eigenvalue weighted by Gasteiger charge is 2.56. The second-order valence-electron chi connectivity index (χ2n) is 6.77. The fourth-order valence-corrected chi connectivity index (χ4v) is 4.86. The summed E-state index contributed by atoms with van der Waals surface area (Å²) >= 11 is 0. The minimum Gasteiger partial charge on any atom is -0.406 e. The molecule has 146 valence electrons. The zero-order chi connectivity index (χ0) is 19.9. The maximum absolute atomic E-state index is 12.8. The van der Waals surface area contributed by atoms with E-state index in [2.05, 4.69) is 9.46 Å². The number of rotatable bonds is 6. The summed E-state index contributed by atoms with van der Waals surface area (Å²) in [7, 11) is -3.91. The number of hydrogen-bond donors (Lipinski definition) is 1. The maximum Gasteiger partial charge on any atom is 0.573 e. The van der Waals surface area contributed by atoms with Gasteiger partial charge in [0.05, 0.1) is 10.4 Å². The summed E-state index contributed by atoms with van der Waals surface area (Å²) in [5.74, 6) is -0.297. The minimum absolute atomic E-state index is 0.106. The highest BCUT2D eigenvalue weighted by molar-refractivity contribution is 7.89. The molecule has 0 bridgehead atoms. The van der Waals surface area contributed by atoms with Gasteiger partial charge in [-0.15, -0.1) is 13.2 Å². The highest BCUT2D eigenvalue weighted by atomic mass is 32.2. The number of sulfonamides is 1. The Morgan fingerprint density at radius 3 is 2.37 bits per heavy atom. The van der Waals surface area contributed by atoms with Gasteiger partial charge in [0.25, 0.3) is 0 Å². The Hall–Kier alpha value is -2.06. The van der Waals surface area contributed by atoms with E-state index in [1.54, 1.807) is 0 Å². The van der Waals surface area contributed by atoms with Crippen molar-refractivity contribution >= 4 is 10.0 Å². The van der Waals surface area contributed by atoms with Crippen LogP contribution >= 0.6 is 0 Å². The molecule has 3 rings (SSSR count). The highest BCUT2D eigenvalue weighted by Crippen LogP contribution is 2.54. The quantitative estimate of drug-likeness (QED) is 0.778. The van der Waals surface area contributed by atoms with Gasteiger partial charge in [-0.25, -0.2) is 13.1 Å². The number of nitrogens with one attached hydrogen (secondary N) is 1. The zero-order valence-electron chi connectivity index (χ0n) is 14.9. The van der Waals surface area contributed by atoms with Crippen LogP contribution in [-0.2, 0) is 15.6 Å². The molecule has 0 aromatic heterocycles. The monoisotopic (exact) mass is 399 g/mol. The third-order valence-corrected chi connectivity index (χ3v) is 6.34. The number of halogens is 3. The molecule has 2 unspecified atom stereocenters. The standard InChI is InChI=1S/C19H20F3NO3S/c1-3-14-12-18(14,15-6-4-5-13(2)11-15)23-27(24,25)17-9-7-16(8-10-17)26-19(20,21)22/h4-11,14,23H,3,12H2,1-2H3. The molecule has 1 aliphatic rings. The second-order valence-corrected chi connectivity index (χ2v) is 8.46. The van der Waals surface area contributed by atoms with E-state index in [0.717, 1.165) is 41.8 Å². The summed E-state index contributed by atoms with van der Waals surface area (Å²) in [5.41, 5.74) is 1.25. The molecule has 2 atom stereocenters. The topological polar surface area (TPSA) is 55.4 Å². The van der Waals surface area contributed by atoms with Gasteiger partial charge >= 0.3 is 6.36 Å². The molecule has 1 N–H and O–H groups in total. The lowest BCUT2D eigenvalue weighted by Gasteiger charge is -2.21. The number of alkyl halides is 3. The van der Waals surface area contributed by atoms with Crippen LogP contribution < -0.4 is 9.46 Å². The normalized spacial score (nSPS) is 22.5. The van der Waals surface area contributed by atoms with Gasteiger partial charge in [-0.05, 0) is 49.1 Å². The first kappa shape index (κ1) is 19.7. The fraction of sp³-hybridized carbons (Fsp3) is 0.368. The number of aryl methyl sites for hydroxylation is 1. The molecular formula is C19H20F3NO3S. The Morgan fingerprint density at radius 1 is 1.19 bits per heavy atom. The first-order valence-corrected chi connectivity index (χ1v) is 10.0. The van der Waals surface area contributed by atoms with Crippen LogP contribution in [0.15, 0.2) is 53.4 Å². The Labute approximate surface area is 156 Å². The van der Waals surface area contributed by atoms with E-state index in [9.17, 15) is 21.6 Å². The van der Waals surface area contributed by atoms with Gasteiger partial charge in [0.2, 0.25) is 10.0 Å². The molecule has 0 aliphatic heterocycles. The van der Waals surface area contributed by atoms with Gasteiger partial charge in [-0.2, -0.15) is 0 Å². The van der Waals surface area contributed by atoms with E-state index in [1.807, 2.05) is 38.1 Å². The molecule has 0 heterocycles. The number of benzene rings is 2. The lowest BCUT2D eigenvalue weighted by atomic mass is 10.0. The van der Waals surface area contributed by atoms with Crippen molar-refractivity contribution in [3.63, 3.8) is 0 Å². The Bertz CT molecular complexity index is 926. The summed E-state index contributed by atoms with van der Waals surface area (Å²) < 4.78 is 69.0. The van der Waals surface area contributed by atoms with Gasteiger partial charge in [0.15, 0.2) is 0 Å². The molecule has 1 fully saturated rings. The molecule has 2 aromatic rings. The van der Waals surface area contributed by atoms with E-state index in [1.165, 1.54) is 0 Å². The Morgan fingerprint density at radius 2 is 1.85 bits per heavy atom. The maximum atomic E-state index is 12.8. The third kappa shape index (κ3) is 4.27. The molecular weight excluding hydrogens is 379 g/mol. The van der Waals surface area contributed by atoms with Gasteiger partial charge in [-0.1, -0.05) is 43.2 Å². The second kappa shape index (κ2) is 6.83. The molecule has 0 radical (unpaired) electrons. The average molecular weight is 399 g/mol. The van der Waals surface area contributed by atoms with Gasteiger partial charge < -0.3 is 4.74 Å². The van der Waals surface area contributed by atoms with Crippen molar-refractivity contribution in [2.24, 2.45) is 5.92 Å². The summed E-state index contributed by atoms with van der Waals surface area (Å²) in [5, 5.41) is 0. The lowest BCUT2D eigenvalue weighted by Crippen LogP contribution is -2.36. The van der Waals surface area contributed by atoms with E-state index in [4.69, 9.17) is 0 Å². The van der Waals surface area contributed by atoms with E-state index >= 15 is 0 Å². The molecule has 1 saturated carbocycles. The Kier molecular flexibility index (Phi) is 4.98. The van der Waals surface area contributed by atoms with Crippen molar-refractivity contribution in [2.45, 2.75) is 43.5 Å². The average Bonchev–Trinajstić information content (AvgIpc) is 3.27. The van der Waals surface area contributed by atoms with Gasteiger partial charge in [-0.3, -0.25) is 0 Å². The van der Waals surface area contributed by atoms with Crippen molar-refractivity contribution in [3.8, 4) is 5.75 Å². The van der Waals surface area contributed by atoms with E-state index in [0.29, 0.717) is 6.42 Å². The summed E-state index contributed by atoms with van der Waals surface area (Å²) in [6, 6.07) is 11.9. The molecule has 2 aromatic carbocycles. The van der Waals surface area contributed by atoms with Crippen LogP contribution in [0.3, 0.4) is 0 Å². The third-order valence-electron chi connectivity index (χ3n) is 4.82. The van der Waals surface area contributed by atoms with Crippen molar-refractivity contribution in [2.75, 3.05) is 0 Å². The molecule has 27 heavy (non-hydrogen) atoms. The van der Waals surface area contributed by atoms with E-state index < -0.39 is 27.7 Å². The summed E-state index contributed by atoms with van der Waals surface area (Å²) in [4.78, 5) is -0.106. The smallest absolute Gasteiger partial charge is 0.406 e. The van der Waals surface area contributed by atoms with Gasteiger partial charge in [0, 0.05) is 0 Å². The predicted octanol–water partition coefficient (Wildman–Crippen LogP) is 4.50. The van der Waals surface area contributed by atoms with Crippen LogP contribution in [0.5, 0.6) is 5.75 Å². The van der Waals surface area contributed by atoms with Crippen LogP contribution in [0.1, 0.15) is 30.9 Å². The van der Waals surface area contributed by atoms with Crippen molar-refractivity contribution in [3.05, 3.63) is 59.7 Å². The van der Waals surface area contributed by atoms with Crippen LogP contribution in [0.2, 0.25) is 0 Å². The molecule has 1 aliphatic carbocycles. The molecule has 0 amide bonds. The van der Waals surface area contributed by atoms with E-state index in [-0.39, 0.29) is 10.8 Å². The zero-order valence-corrected chi connectivity index (χ0v) is 15.7. The first-order valence-electron chi connectivity index (χ1n) is 8.53. The largest absolute Gasteiger partial charge is 0.573 e. The van der Waals surface area contributed by atoms with Crippen molar-refractivity contribution in [1.29, 1.82) is 0 Å². The molecule has 0 saturated heterocycles. The number of hydrogen-bond acceptors (Lipinski definition) is 3. The summed E-state index contributed by atoms with van der Waals surface area (Å²) in [6.07, 6.45) is -3.33. The van der Waals surface area contributed by atoms with Gasteiger partial charge in [0.1, 0.15) is 5.75 Å². The molecule has 4 nitrogen and oxygen atoms in total. The molecule has 0 spiro atoms. The fourth-order valence-electron chi connectivity index (χ4n) is 3.40. The van der Waals surface area contributed by atoms with Crippen LogP contribution in [0.4, 0.5) is 13.2 Å². The summed E-state index contributed by atoms with van der Waals surface area (Å²) in [6.45, 7) is 3.94. The van der Waals surface area contributed by atoms with Crippen LogP contribution in [0, 0.1) is 12.8 Å². The number of ether oxygens (including phenoxy) is 1. The Balaban J connectivity index is 1.86. The lowest BCUT2D eigenvalue weighted by molar-refractivity contribution is -0.274. The van der Waals surface area contributed by atoms with Crippen molar-refractivity contribution < 1.29 is 26.3 Å². The predicted molar refractivity (Wildman–Crippen MR) is 94.7 cm³/mol. The van der Waals surface area contributed by atoms with Crippen molar-refractivity contribution in [1.82, 2.24) is 4.72 Å². The van der Waals surface area contributed by atoms with Crippen LogP contribution in [0.25, 0.3) is 0 Å². The molecule has 8 heteroatoms. The first-order chi connectivity index (χ1) is 12.6. The van der Waals surface area contributed by atoms with Crippen LogP contribution in [-0.4, -0.2) is 14.8 Å². The minimum atomic E-state index is -4.82. The SMILES string of the molecule is CCC1CC1(NS(=O)(=O)c1ccc(OC(F)(F)F)cc1)c1cccc(C)c1.